The zero-order chi connectivity index (χ0) is 15.7. The van der Waals surface area contributed by atoms with Crippen LogP contribution in [0.3, 0.4) is 0 Å². The molecule has 2 aromatic rings. The normalized spacial score (nSPS) is 15.4. The molecule has 6 heteroatoms. The van der Waals surface area contributed by atoms with Gasteiger partial charge in [0.1, 0.15) is 5.75 Å². The summed E-state index contributed by atoms with van der Waals surface area (Å²) in [5.41, 5.74) is 3.08. The third-order valence-corrected chi connectivity index (χ3v) is 4.47. The van der Waals surface area contributed by atoms with Crippen molar-refractivity contribution in [2.75, 3.05) is 18.6 Å². The fraction of sp³-hybridized carbons (Fsp3) is 0.375. The van der Waals surface area contributed by atoms with Crippen LogP contribution in [0.25, 0.3) is 0 Å². The summed E-state index contributed by atoms with van der Waals surface area (Å²) in [5, 5.41) is 9.29. The number of rotatable bonds is 3. The molecule has 0 spiro atoms. The minimum Gasteiger partial charge on any atom is -0.496 e. The van der Waals surface area contributed by atoms with Crippen molar-refractivity contribution in [3.05, 3.63) is 45.7 Å². The lowest BCUT2D eigenvalue weighted by Gasteiger charge is -2.36. The van der Waals surface area contributed by atoms with E-state index in [1.54, 1.807) is 7.11 Å². The fourth-order valence-corrected chi connectivity index (χ4v) is 3.27. The van der Waals surface area contributed by atoms with Crippen molar-refractivity contribution in [2.45, 2.75) is 25.8 Å². The van der Waals surface area contributed by atoms with Gasteiger partial charge < -0.3 is 9.64 Å². The van der Waals surface area contributed by atoms with Crippen molar-refractivity contribution in [3.63, 3.8) is 0 Å². The number of hydrogen-bond donors (Lipinski definition) is 0. The first kappa shape index (κ1) is 15.4. The highest BCUT2D eigenvalue weighted by atomic mass is 35.5. The molecule has 3 rings (SSSR count). The van der Waals surface area contributed by atoms with Gasteiger partial charge in [-0.2, -0.15) is 5.10 Å². The van der Waals surface area contributed by atoms with Crippen LogP contribution in [0.4, 0.5) is 5.69 Å². The molecule has 1 atom stereocenters. The Morgan fingerprint density at radius 3 is 2.82 bits per heavy atom. The van der Waals surface area contributed by atoms with E-state index in [0.29, 0.717) is 10.2 Å². The lowest BCUT2D eigenvalue weighted by molar-refractivity contribution is 0.405. The number of fused-ring (bicyclic) bond motifs is 1. The molecule has 0 unspecified atom stereocenters. The first-order chi connectivity index (χ1) is 10.6. The number of halogens is 2. The van der Waals surface area contributed by atoms with Crippen LogP contribution in [-0.2, 0) is 6.42 Å². The molecule has 1 aliphatic rings. The zero-order valence-corrected chi connectivity index (χ0v) is 14.0. The highest BCUT2D eigenvalue weighted by Gasteiger charge is 2.26. The third-order valence-electron chi connectivity index (χ3n) is 4.05. The maximum Gasteiger partial charge on any atom is 0.153 e. The van der Waals surface area contributed by atoms with Crippen LogP contribution in [-0.4, -0.2) is 23.9 Å². The maximum atomic E-state index is 6.16. The number of ether oxygens (including phenoxy) is 1. The molecule has 2 heterocycles. The topological polar surface area (TPSA) is 38.2 Å². The summed E-state index contributed by atoms with van der Waals surface area (Å²) in [7, 11) is 1.67. The SMILES string of the molecule is COc1ccc(Cl)cc1[C@@H](C)N1CCCc2nnc(Cl)cc21. The van der Waals surface area contributed by atoms with E-state index in [1.807, 2.05) is 24.3 Å². The van der Waals surface area contributed by atoms with Crippen LogP contribution < -0.4 is 9.64 Å². The van der Waals surface area contributed by atoms with E-state index in [4.69, 9.17) is 27.9 Å². The van der Waals surface area contributed by atoms with E-state index in [1.165, 1.54) is 0 Å². The molecule has 1 aliphatic heterocycles. The average Bonchev–Trinajstić information content (AvgIpc) is 2.53. The van der Waals surface area contributed by atoms with Crippen LogP contribution in [0, 0.1) is 0 Å². The Kier molecular flexibility index (Phi) is 4.41. The lowest BCUT2D eigenvalue weighted by Crippen LogP contribution is -2.33. The number of nitrogens with zero attached hydrogens (tertiary/aromatic N) is 3. The van der Waals surface area contributed by atoms with Gasteiger partial charge in [0.2, 0.25) is 0 Å². The molecule has 1 aromatic heterocycles. The van der Waals surface area contributed by atoms with E-state index in [9.17, 15) is 0 Å². The molecule has 0 amide bonds. The zero-order valence-electron chi connectivity index (χ0n) is 12.5. The van der Waals surface area contributed by atoms with Crippen LogP contribution >= 0.6 is 23.2 Å². The van der Waals surface area contributed by atoms with Crippen LogP contribution in [0.2, 0.25) is 10.2 Å². The summed E-state index contributed by atoms with van der Waals surface area (Å²) >= 11 is 12.2. The molecular formula is C16H17Cl2N3O. The van der Waals surface area contributed by atoms with Crippen LogP contribution in [0.1, 0.15) is 30.6 Å². The molecule has 116 valence electrons. The van der Waals surface area contributed by atoms with E-state index >= 15 is 0 Å². The van der Waals surface area contributed by atoms with Gasteiger partial charge in [0.25, 0.3) is 0 Å². The summed E-state index contributed by atoms with van der Waals surface area (Å²) in [6, 6.07) is 7.68. The quantitative estimate of drug-likeness (QED) is 0.836. The second-order valence-corrected chi connectivity index (χ2v) is 6.18. The van der Waals surface area contributed by atoms with Crippen molar-refractivity contribution in [1.82, 2.24) is 10.2 Å². The first-order valence-corrected chi connectivity index (χ1v) is 7.98. The minimum atomic E-state index is 0.105. The van der Waals surface area contributed by atoms with Gasteiger partial charge in [-0.25, -0.2) is 0 Å². The molecule has 0 N–H and O–H groups in total. The van der Waals surface area contributed by atoms with Gasteiger partial charge in [0, 0.05) is 23.2 Å². The molecule has 4 nitrogen and oxygen atoms in total. The third kappa shape index (κ3) is 2.85. The number of aryl methyl sites for hydroxylation is 1. The van der Waals surface area contributed by atoms with Crippen LogP contribution in [0.5, 0.6) is 5.75 Å². The fourth-order valence-electron chi connectivity index (χ4n) is 2.95. The predicted octanol–water partition coefficient (Wildman–Crippen LogP) is 4.31. The van der Waals surface area contributed by atoms with Gasteiger partial charge in [-0.1, -0.05) is 23.2 Å². The van der Waals surface area contributed by atoms with E-state index in [0.717, 1.165) is 42.1 Å². The second-order valence-electron chi connectivity index (χ2n) is 5.36. The summed E-state index contributed by atoms with van der Waals surface area (Å²) < 4.78 is 5.48. The summed E-state index contributed by atoms with van der Waals surface area (Å²) in [6.45, 7) is 3.07. The second kappa shape index (κ2) is 6.31. The van der Waals surface area contributed by atoms with Gasteiger partial charge >= 0.3 is 0 Å². The lowest BCUT2D eigenvalue weighted by atomic mass is 10.0. The van der Waals surface area contributed by atoms with E-state index in [2.05, 4.69) is 22.0 Å². The predicted molar refractivity (Wildman–Crippen MR) is 89.1 cm³/mol. The van der Waals surface area contributed by atoms with E-state index < -0.39 is 0 Å². The van der Waals surface area contributed by atoms with E-state index in [-0.39, 0.29) is 6.04 Å². The smallest absolute Gasteiger partial charge is 0.153 e. The summed E-state index contributed by atoms with van der Waals surface area (Å²) in [6.07, 6.45) is 1.96. The number of methoxy groups -OCH3 is 1. The Bertz CT molecular complexity index is 693. The van der Waals surface area contributed by atoms with Crippen molar-refractivity contribution in [3.8, 4) is 5.75 Å². The standard InChI is InChI=1S/C16H17Cl2N3O/c1-10(12-8-11(17)5-6-15(12)22-2)21-7-3-4-13-14(21)9-16(18)20-19-13/h5-6,8-10H,3-4,7H2,1-2H3/t10-/m1/s1. The van der Waals surface area contributed by atoms with Crippen molar-refractivity contribution < 1.29 is 4.74 Å². The minimum absolute atomic E-state index is 0.105. The number of aromatic nitrogens is 2. The highest BCUT2D eigenvalue weighted by molar-refractivity contribution is 6.30. The van der Waals surface area contributed by atoms with Gasteiger partial charge in [-0.3, -0.25) is 0 Å². The van der Waals surface area contributed by atoms with Gasteiger partial charge in [-0.15, -0.1) is 5.10 Å². The van der Waals surface area contributed by atoms with Gasteiger partial charge in [-0.05, 0) is 38.0 Å². The molecule has 22 heavy (non-hydrogen) atoms. The maximum absolute atomic E-state index is 6.16. The Hall–Kier alpha value is -1.52. The molecule has 0 radical (unpaired) electrons. The number of benzene rings is 1. The first-order valence-electron chi connectivity index (χ1n) is 7.22. The summed E-state index contributed by atoms with van der Waals surface area (Å²) in [4.78, 5) is 2.29. The van der Waals surface area contributed by atoms with Gasteiger partial charge in [0.15, 0.2) is 5.15 Å². The molecule has 0 saturated carbocycles. The number of anilines is 1. The van der Waals surface area contributed by atoms with Crippen LogP contribution in [0.15, 0.2) is 24.3 Å². The average molecular weight is 338 g/mol. The molecule has 0 aliphatic carbocycles. The molecule has 0 bridgehead atoms. The largest absolute Gasteiger partial charge is 0.496 e. The molecule has 1 aromatic carbocycles. The molecular weight excluding hydrogens is 321 g/mol. The van der Waals surface area contributed by atoms with Crippen molar-refractivity contribution >= 4 is 28.9 Å². The van der Waals surface area contributed by atoms with Crippen molar-refractivity contribution in [1.29, 1.82) is 0 Å². The van der Waals surface area contributed by atoms with Gasteiger partial charge in [0.05, 0.1) is 24.5 Å². The Morgan fingerprint density at radius 1 is 1.23 bits per heavy atom. The Labute approximate surface area is 140 Å². The number of hydrogen-bond acceptors (Lipinski definition) is 4. The molecule has 0 fully saturated rings. The summed E-state index contributed by atoms with van der Waals surface area (Å²) in [5.74, 6) is 0.831. The Balaban J connectivity index is 2.02. The Morgan fingerprint density at radius 2 is 2.05 bits per heavy atom. The van der Waals surface area contributed by atoms with Crippen molar-refractivity contribution in [2.24, 2.45) is 0 Å². The highest BCUT2D eigenvalue weighted by Crippen LogP contribution is 2.37. The monoisotopic (exact) mass is 337 g/mol. The molecule has 0 saturated heterocycles.